The van der Waals surface area contributed by atoms with E-state index in [-0.39, 0.29) is 29.7 Å². The Bertz CT molecular complexity index is 1000. The predicted molar refractivity (Wildman–Crippen MR) is 91.7 cm³/mol. The van der Waals surface area contributed by atoms with Crippen molar-refractivity contribution in [3.05, 3.63) is 65.2 Å². The first-order chi connectivity index (χ1) is 12.5. The number of benzene rings is 2. The molecule has 3 rings (SSSR count). The molecule has 0 fully saturated rings. The lowest BCUT2D eigenvalue weighted by atomic mass is 10.1. The van der Waals surface area contributed by atoms with Crippen molar-refractivity contribution in [1.82, 2.24) is 9.97 Å². The van der Waals surface area contributed by atoms with E-state index in [4.69, 9.17) is 16.2 Å². The summed E-state index contributed by atoms with van der Waals surface area (Å²) in [5.41, 5.74) is 13.1. The van der Waals surface area contributed by atoms with Gasteiger partial charge in [0.25, 0.3) is 0 Å². The maximum Gasteiger partial charge on any atom is 0.222 e. The van der Waals surface area contributed by atoms with Gasteiger partial charge in [0.1, 0.15) is 24.1 Å². The van der Waals surface area contributed by atoms with E-state index in [1.807, 2.05) is 6.07 Å². The molecule has 0 saturated heterocycles. The molecule has 0 aliphatic rings. The van der Waals surface area contributed by atoms with Crippen molar-refractivity contribution in [3.63, 3.8) is 0 Å². The van der Waals surface area contributed by atoms with Crippen LogP contribution in [0.1, 0.15) is 11.1 Å². The van der Waals surface area contributed by atoms with Gasteiger partial charge in [-0.2, -0.15) is 14.6 Å². The first-order valence-electron chi connectivity index (χ1n) is 7.49. The highest BCUT2D eigenvalue weighted by Crippen LogP contribution is 2.26. The number of hydrogen-bond donors (Lipinski definition) is 2. The molecule has 0 atom stereocenters. The van der Waals surface area contributed by atoms with Crippen molar-refractivity contribution < 1.29 is 13.5 Å². The van der Waals surface area contributed by atoms with Gasteiger partial charge >= 0.3 is 0 Å². The first-order valence-corrected chi connectivity index (χ1v) is 7.49. The number of ether oxygens (including phenoxy) is 1. The Morgan fingerprint density at radius 1 is 1.04 bits per heavy atom. The molecular formula is C18H13F2N5O. The molecule has 130 valence electrons. The zero-order valence-corrected chi connectivity index (χ0v) is 13.4. The zero-order chi connectivity index (χ0) is 18.7. The second-order valence-corrected chi connectivity index (χ2v) is 5.34. The van der Waals surface area contributed by atoms with Crippen LogP contribution in [0.4, 0.5) is 20.5 Å². The molecule has 4 N–H and O–H groups in total. The number of nitrogens with two attached hydrogens (primary N) is 2. The first kappa shape index (κ1) is 17.1. The molecule has 1 heterocycles. The summed E-state index contributed by atoms with van der Waals surface area (Å²) in [4.78, 5) is 7.82. The highest BCUT2D eigenvalue weighted by molar-refractivity contribution is 5.73. The van der Waals surface area contributed by atoms with E-state index in [0.717, 1.165) is 6.07 Å². The van der Waals surface area contributed by atoms with Crippen LogP contribution in [0.25, 0.3) is 11.3 Å². The maximum atomic E-state index is 13.6. The van der Waals surface area contributed by atoms with E-state index in [2.05, 4.69) is 9.97 Å². The molecule has 0 radical (unpaired) electrons. The van der Waals surface area contributed by atoms with E-state index in [1.165, 1.54) is 12.1 Å². The minimum absolute atomic E-state index is 0.00369. The number of aromatic nitrogens is 2. The quantitative estimate of drug-likeness (QED) is 0.746. The predicted octanol–water partition coefficient (Wildman–Crippen LogP) is 3.04. The van der Waals surface area contributed by atoms with Gasteiger partial charge < -0.3 is 16.2 Å². The molecule has 6 nitrogen and oxygen atoms in total. The second kappa shape index (κ2) is 7.03. The number of nitrogens with zero attached hydrogens (tertiary/aromatic N) is 3. The number of halogens is 2. The minimum atomic E-state index is -1.03. The van der Waals surface area contributed by atoms with Crippen LogP contribution < -0.4 is 16.2 Å². The van der Waals surface area contributed by atoms with Crippen LogP contribution in [0.2, 0.25) is 0 Å². The maximum absolute atomic E-state index is 13.6. The summed E-state index contributed by atoms with van der Waals surface area (Å²) in [5.74, 6) is -2.21. The van der Waals surface area contributed by atoms with Gasteiger partial charge in [-0.3, -0.25) is 0 Å². The van der Waals surface area contributed by atoms with E-state index < -0.39 is 11.6 Å². The third-order valence-electron chi connectivity index (χ3n) is 3.60. The minimum Gasteiger partial charge on any atom is -0.486 e. The van der Waals surface area contributed by atoms with Crippen molar-refractivity contribution in [2.24, 2.45) is 0 Å². The van der Waals surface area contributed by atoms with Gasteiger partial charge in [0.2, 0.25) is 11.8 Å². The fourth-order valence-corrected chi connectivity index (χ4v) is 2.33. The summed E-state index contributed by atoms with van der Waals surface area (Å²) < 4.78 is 32.0. The standard InChI is InChI=1S/C18H13F2N5O/c19-13-2-1-3-14(15(13)20)26-9-10-4-6-11(7-5-10)16-12(8-21)17(22)25-18(23)24-16/h1-7H,9H2,(H4,22,23,24,25). The molecule has 0 spiro atoms. The number of nitrogen functional groups attached to an aromatic ring is 2. The van der Waals surface area contributed by atoms with Gasteiger partial charge in [0, 0.05) is 5.56 Å². The Morgan fingerprint density at radius 2 is 1.77 bits per heavy atom. The molecule has 3 aromatic rings. The van der Waals surface area contributed by atoms with Crippen molar-refractivity contribution in [3.8, 4) is 23.1 Å². The number of hydrogen-bond acceptors (Lipinski definition) is 6. The topological polar surface area (TPSA) is 111 Å². The molecule has 0 amide bonds. The fourth-order valence-electron chi connectivity index (χ4n) is 2.33. The molecule has 8 heteroatoms. The molecule has 0 aliphatic carbocycles. The Hall–Kier alpha value is -3.73. The van der Waals surface area contributed by atoms with Crippen LogP contribution >= 0.6 is 0 Å². The molecular weight excluding hydrogens is 340 g/mol. The molecule has 0 bridgehead atoms. The third-order valence-corrected chi connectivity index (χ3v) is 3.60. The normalized spacial score (nSPS) is 10.3. The average molecular weight is 353 g/mol. The second-order valence-electron chi connectivity index (χ2n) is 5.34. The van der Waals surface area contributed by atoms with E-state index in [0.29, 0.717) is 16.8 Å². The van der Waals surface area contributed by atoms with Crippen molar-refractivity contribution in [2.75, 3.05) is 11.5 Å². The molecule has 0 unspecified atom stereocenters. The Labute approximate surface area is 147 Å². The van der Waals surface area contributed by atoms with Gasteiger partial charge in [-0.15, -0.1) is 0 Å². The molecule has 0 aliphatic heterocycles. The average Bonchev–Trinajstić information content (AvgIpc) is 2.63. The lowest BCUT2D eigenvalue weighted by Crippen LogP contribution is -2.05. The fraction of sp³-hybridized carbons (Fsp3) is 0.0556. The van der Waals surface area contributed by atoms with Crippen LogP contribution in [0.5, 0.6) is 5.75 Å². The smallest absolute Gasteiger partial charge is 0.222 e. The van der Waals surface area contributed by atoms with Crippen LogP contribution in [0.3, 0.4) is 0 Å². The number of nitriles is 1. The van der Waals surface area contributed by atoms with E-state index in [9.17, 15) is 14.0 Å². The van der Waals surface area contributed by atoms with Gasteiger partial charge in [-0.05, 0) is 17.7 Å². The summed E-state index contributed by atoms with van der Waals surface area (Å²) in [6.07, 6.45) is 0. The van der Waals surface area contributed by atoms with Crippen molar-refractivity contribution in [2.45, 2.75) is 6.61 Å². The summed E-state index contributed by atoms with van der Waals surface area (Å²) in [6, 6.07) is 12.5. The van der Waals surface area contributed by atoms with Gasteiger partial charge in [0.15, 0.2) is 11.6 Å². The lowest BCUT2D eigenvalue weighted by Gasteiger charge is -2.09. The van der Waals surface area contributed by atoms with Crippen molar-refractivity contribution in [1.29, 1.82) is 5.26 Å². The molecule has 2 aromatic carbocycles. The van der Waals surface area contributed by atoms with Gasteiger partial charge in [-0.1, -0.05) is 30.3 Å². The van der Waals surface area contributed by atoms with E-state index >= 15 is 0 Å². The summed E-state index contributed by atoms with van der Waals surface area (Å²) in [5, 5.41) is 9.23. The van der Waals surface area contributed by atoms with Crippen LogP contribution in [-0.2, 0) is 6.61 Å². The summed E-state index contributed by atoms with van der Waals surface area (Å²) in [6.45, 7) is 0.0415. The largest absolute Gasteiger partial charge is 0.486 e. The lowest BCUT2D eigenvalue weighted by molar-refractivity contribution is 0.284. The SMILES string of the molecule is N#Cc1c(N)nc(N)nc1-c1ccc(COc2cccc(F)c2F)cc1. The van der Waals surface area contributed by atoms with E-state index in [1.54, 1.807) is 24.3 Å². The summed E-state index contributed by atoms with van der Waals surface area (Å²) in [7, 11) is 0. The highest BCUT2D eigenvalue weighted by Gasteiger charge is 2.13. The van der Waals surface area contributed by atoms with Crippen LogP contribution in [-0.4, -0.2) is 9.97 Å². The monoisotopic (exact) mass is 353 g/mol. The van der Waals surface area contributed by atoms with Gasteiger partial charge in [0.05, 0.1) is 5.69 Å². The number of anilines is 2. The van der Waals surface area contributed by atoms with Crippen molar-refractivity contribution >= 4 is 11.8 Å². The highest BCUT2D eigenvalue weighted by atomic mass is 19.2. The Morgan fingerprint density at radius 3 is 2.46 bits per heavy atom. The molecule has 26 heavy (non-hydrogen) atoms. The molecule has 1 aromatic heterocycles. The molecule has 0 saturated carbocycles. The number of rotatable bonds is 4. The Balaban J connectivity index is 1.82. The zero-order valence-electron chi connectivity index (χ0n) is 13.4. The van der Waals surface area contributed by atoms with Crippen LogP contribution in [0.15, 0.2) is 42.5 Å². The Kier molecular flexibility index (Phi) is 4.62. The summed E-state index contributed by atoms with van der Waals surface area (Å²) >= 11 is 0. The van der Waals surface area contributed by atoms with Gasteiger partial charge in [-0.25, -0.2) is 9.37 Å². The van der Waals surface area contributed by atoms with Crippen LogP contribution in [0, 0.1) is 23.0 Å². The third kappa shape index (κ3) is 3.37.